The predicted molar refractivity (Wildman–Crippen MR) is 73.0 cm³/mol. The van der Waals surface area contributed by atoms with Crippen LogP contribution in [-0.2, 0) is 4.79 Å². The summed E-state index contributed by atoms with van der Waals surface area (Å²) in [5.41, 5.74) is 0. The van der Waals surface area contributed by atoms with E-state index in [1.54, 1.807) is 11.8 Å². The molecule has 0 bridgehead atoms. The molecule has 2 unspecified atom stereocenters. The molecule has 0 saturated heterocycles. The van der Waals surface area contributed by atoms with Crippen LogP contribution in [-0.4, -0.2) is 48.5 Å². The van der Waals surface area contributed by atoms with Gasteiger partial charge in [0.05, 0.1) is 6.54 Å². The molecule has 0 aromatic carbocycles. The maximum Gasteiger partial charge on any atom is 0.236 e. The summed E-state index contributed by atoms with van der Waals surface area (Å²) in [6.07, 6.45) is 4.16. The zero-order chi connectivity index (χ0) is 12.6. The van der Waals surface area contributed by atoms with Crippen LogP contribution in [0.4, 0.5) is 0 Å². The standard InChI is InChI=1S/C12H26N2OS/c1-6-10(3)13-8-12(15)14(4)11(7-2)9-16-5/h10-11,13H,6-9H2,1-5H3. The van der Waals surface area contributed by atoms with E-state index in [0.717, 1.165) is 18.6 Å². The molecule has 1 amide bonds. The van der Waals surface area contributed by atoms with Crippen molar-refractivity contribution < 1.29 is 4.79 Å². The van der Waals surface area contributed by atoms with Gasteiger partial charge in [0.2, 0.25) is 5.91 Å². The predicted octanol–water partition coefficient (Wildman–Crippen LogP) is 1.97. The molecule has 1 N–H and O–H groups in total. The van der Waals surface area contributed by atoms with Crippen molar-refractivity contribution in [3.05, 3.63) is 0 Å². The van der Waals surface area contributed by atoms with Gasteiger partial charge in [0.1, 0.15) is 0 Å². The zero-order valence-corrected chi connectivity index (χ0v) is 12.1. The van der Waals surface area contributed by atoms with Gasteiger partial charge in [-0.25, -0.2) is 0 Å². The van der Waals surface area contributed by atoms with Crippen molar-refractivity contribution in [1.29, 1.82) is 0 Å². The monoisotopic (exact) mass is 246 g/mol. The van der Waals surface area contributed by atoms with Crippen molar-refractivity contribution in [2.75, 3.05) is 25.6 Å². The normalized spacial score (nSPS) is 14.6. The third-order valence-electron chi connectivity index (χ3n) is 2.99. The van der Waals surface area contributed by atoms with Gasteiger partial charge in [-0.15, -0.1) is 0 Å². The Morgan fingerprint density at radius 3 is 2.44 bits per heavy atom. The zero-order valence-electron chi connectivity index (χ0n) is 11.2. The van der Waals surface area contributed by atoms with Crippen LogP contribution in [0.2, 0.25) is 0 Å². The first-order chi connectivity index (χ1) is 7.56. The molecule has 16 heavy (non-hydrogen) atoms. The Labute approximate surface area is 104 Å². The highest BCUT2D eigenvalue weighted by Gasteiger charge is 2.17. The van der Waals surface area contributed by atoms with Crippen LogP contribution in [0, 0.1) is 0 Å². The number of carbonyl (C=O) groups is 1. The Kier molecular flexibility index (Phi) is 8.76. The number of thioether (sulfide) groups is 1. The molecule has 0 spiro atoms. The average molecular weight is 246 g/mol. The number of likely N-dealkylation sites (N-methyl/N-ethyl adjacent to an activating group) is 1. The quantitative estimate of drug-likeness (QED) is 0.711. The summed E-state index contributed by atoms with van der Waals surface area (Å²) in [6.45, 7) is 6.81. The fraction of sp³-hybridized carbons (Fsp3) is 0.917. The van der Waals surface area contributed by atoms with Gasteiger partial charge < -0.3 is 10.2 Å². The molecular formula is C12H26N2OS. The summed E-state index contributed by atoms with van der Waals surface area (Å²) < 4.78 is 0. The Hall–Kier alpha value is -0.220. The number of carbonyl (C=O) groups excluding carboxylic acids is 1. The van der Waals surface area contributed by atoms with E-state index < -0.39 is 0 Å². The lowest BCUT2D eigenvalue weighted by atomic mass is 10.2. The molecule has 0 rings (SSSR count). The molecule has 0 aliphatic heterocycles. The summed E-state index contributed by atoms with van der Waals surface area (Å²) in [4.78, 5) is 13.8. The van der Waals surface area contributed by atoms with E-state index in [4.69, 9.17) is 0 Å². The summed E-state index contributed by atoms with van der Waals surface area (Å²) in [6, 6.07) is 0.777. The average Bonchev–Trinajstić information content (AvgIpc) is 2.31. The van der Waals surface area contributed by atoms with Gasteiger partial charge >= 0.3 is 0 Å². The van der Waals surface area contributed by atoms with E-state index in [1.165, 1.54) is 0 Å². The highest BCUT2D eigenvalue weighted by molar-refractivity contribution is 7.98. The van der Waals surface area contributed by atoms with Crippen molar-refractivity contribution in [3.8, 4) is 0 Å². The fourth-order valence-electron chi connectivity index (χ4n) is 1.43. The highest BCUT2D eigenvalue weighted by Crippen LogP contribution is 2.08. The van der Waals surface area contributed by atoms with Crippen LogP contribution in [0.5, 0.6) is 0 Å². The van der Waals surface area contributed by atoms with Crippen LogP contribution in [0.1, 0.15) is 33.6 Å². The molecule has 4 heteroatoms. The van der Waals surface area contributed by atoms with Crippen LogP contribution in [0.15, 0.2) is 0 Å². The number of nitrogens with zero attached hydrogens (tertiary/aromatic N) is 1. The van der Waals surface area contributed by atoms with Crippen molar-refractivity contribution in [2.45, 2.75) is 45.7 Å². The van der Waals surface area contributed by atoms with Gasteiger partial charge in [-0.1, -0.05) is 13.8 Å². The van der Waals surface area contributed by atoms with Crippen LogP contribution in [0.25, 0.3) is 0 Å². The van der Waals surface area contributed by atoms with Gasteiger partial charge in [-0.05, 0) is 26.0 Å². The van der Waals surface area contributed by atoms with Crippen molar-refractivity contribution >= 4 is 17.7 Å². The van der Waals surface area contributed by atoms with Crippen molar-refractivity contribution in [1.82, 2.24) is 10.2 Å². The minimum atomic E-state index is 0.196. The molecular weight excluding hydrogens is 220 g/mol. The number of rotatable bonds is 8. The van der Waals surface area contributed by atoms with Crippen LogP contribution >= 0.6 is 11.8 Å². The Morgan fingerprint density at radius 1 is 1.38 bits per heavy atom. The maximum atomic E-state index is 11.9. The van der Waals surface area contributed by atoms with E-state index in [-0.39, 0.29) is 5.91 Å². The van der Waals surface area contributed by atoms with E-state index in [0.29, 0.717) is 18.6 Å². The minimum absolute atomic E-state index is 0.196. The second-order valence-electron chi connectivity index (χ2n) is 4.21. The van der Waals surface area contributed by atoms with Crippen molar-refractivity contribution in [3.63, 3.8) is 0 Å². The second-order valence-corrected chi connectivity index (χ2v) is 5.12. The summed E-state index contributed by atoms with van der Waals surface area (Å²) >= 11 is 1.79. The molecule has 0 aliphatic carbocycles. The van der Waals surface area contributed by atoms with E-state index in [1.807, 2.05) is 11.9 Å². The third kappa shape index (κ3) is 5.75. The first kappa shape index (κ1) is 15.8. The smallest absolute Gasteiger partial charge is 0.236 e. The topological polar surface area (TPSA) is 32.3 Å². The highest BCUT2D eigenvalue weighted by atomic mass is 32.2. The molecule has 2 atom stereocenters. The summed E-state index contributed by atoms with van der Waals surface area (Å²) in [5.74, 6) is 1.21. The van der Waals surface area contributed by atoms with Gasteiger partial charge in [0, 0.05) is 24.9 Å². The Balaban J connectivity index is 4.04. The van der Waals surface area contributed by atoms with Gasteiger partial charge in [0.15, 0.2) is 0 Å². The maximum absolute atomic E-state index is 11.9. The summed E-state index contributed by atoms with van der Waals surface area (Å²) in [7, 11) is 1.91. The number of amides is 1. The second kappa shape index (κ2) is 8.88. The summed E-state index contributed by atoms with van der Waals surface area (Å²) in [5, 5.41) is 3.24. The van der Waals surface area contributed by atoms with Gasteiger partial charge in [-0.2, -0.15) is 11.8 Å². The minimum Gasteiger partial charge on any atom is -0.341 e. The van der Waals surface area contributed by atoms with E-state index >= 15 is 0 Å². The molecule has 0 saturated carbocycles. The van der Waals surface area contributed by atoms with Crippen molar-refractivity contribution in [2.24, 2.45) is 0 Å². The Bertz CT molecular complexity index is 199. The first-order valence-corrected chi connectivity index (χ1v) is 7.44. The molecule has 0 aromatic rings. The molecule has 0 aromatic heterocycles. The van der Waals surface area contributed by atoms with Crippen LogP contribution in [0.3, 0.4) is 0 Å². The lowest BCUT2D eigenvalue weighted by Gasteiger charge is -2.27. The number of hydrogen-bond acceptors (Lipinski definition) is 3. The molecule has 3 nitrogen and oxygen atoms in total. The Morgan fingerprint density at radius 2 is 2.00 bits per heavy atom. The fourth-order valence-corrected chi connectivity index (χ4v) is 2.27. The van der Waals surface area contributed by atoms with Gasteiger partial charge in [-0.3, -0.25) is 4.79 Å². The van der Waals surface area contributed by atoms with Crippen LogP contribution < -0.4 is 5.32 Å². The largest absolute Gasteiger partial charge is 0.341 e. The molecule has 0 radical (unpaired) electrons. The molecule has 0 heterocycles. The number of nitrogens with one attached hydrogen (secondary N) is 1. The molecule has 96 valence electrons. The lowest BCUT2D eigenvalue weighted by Crippen LogP contribution is -2.44. The van der Waals surface area contributed by atoms with E-state index in [9.17, 15) is 4.79 Å². The molecule has 0 aliphatic rings. The lowest BCUT2D eigenvalue weighted by molar-refractivity contribution is -0.130. The number of hydrogen-bond donors (Lipinski definition) is 1. The third-order valence-corrected chi connectivity index (χ3v) is 3.70. The SMILES string of the molecule is CCC(C)NCC(=O)N(C)C(CC)CSC. The van der Waals surface area contributed by atoms with E-state index in [2.05, 4.69) is 32.3 Å². The van der Waals surface area contributed by atoms with Gasteiger partial charge in [0.25, 0.3) is 0 Å². The first-order valence-electron chi connectivity index (χ1n) is 6.04. The molecule has 0 fully saturated rings.